The molecule has 1 amide bonds. The molecule has 1 aliphatic heterocycles. The summed E-state index contributed by atoms with van der Waals surface area (Å²) < 4.78 is 32.3. The molecule has 2 aromatic carbocycles. The third kappa shape index (κ3) is 4.24. The molecule has 1 unspecified atom stereocenters. The first-order chi connectivity index (χ1) is 12.1. The van der Waals surface area contributed by atoms with Crippen molar-refractivity contribution in [3.8, 4) is 0 Å². The first-order valence-electron chi connectivity index (χ1n) is 8.24. The van der Waals surface area contributed by atoms with E-state index < -0.39 is 17.7 Å². The molecule has 1 heterocycles. The summed E-state index contributed by atoms with van der Waals surface area (Å²) in [5, 5.41) is 0. The second kappa shape index (κ2) is 7.92. The van der Waals surface area contributed by atoms with E-state index in [1.54, 1.807) is 11.0 Å². The number of carbonyl (C=O) groups excluding carboxylic acids is 1. The average Bonchev–Trinajstić information content (AvgIpc) is 3.10. The summed E-state index contributed by atoms with van der Waals surface area (Å²) in [6.07, 6.45) is 4.48. The van der Waals surface area contributed by atoms with Gasteiger partial charge in [-0.15, -0.1) is 0 Å². The van der Waals surface area contributed by atoms with Crippen LogP contribution in [-0.2, 0) is 11.3 Å². The van der Waals surface area contributed by atoms with Gasteiger partial charge < -0.3 is 9.64 Å². The number of hydrogen-bond acceptors (Lipinski definition) is 2. The summed E-state index contributed by atoms with van der Waals surface area (Å²) in [6.45, 7) is 0.805. The lowest BCUT2D eigenvalue weighted by atomic mass is 10.1. The first kappa shape index (κ1) is 17.1. The summed E-state index contributed by atoms with van der Waals surface area (Å²) in [6, 6.07) is 13.3. The molecular formula is C20H19F2NO2. The minimum atomic E-state index is -0.882. The fourth-order valence-corrected chi connectivity index (χ4v) is 2.89. The van der Waals surface area contributed by atoms with Crippen LogP contribution >= 0.6 is 0 Å². The van der Waals surface area contributed by atoms with E-state index in [-0.39, 0.29) is 18.2 Å². The van der Waals surface area contributed by atoms with Crippen LogP contribution in [-0.4, -0.2) is 23.6 Å². The van der Waals surface area contributed by atoms with Crippen LogP contribution in [0.5, 0.6) is 0 Å². The van der Waals surface area contributed by atoms with Crippen molar-refractivity contribution in [1.82, 2.24) is 4.90 Å². The molecule has 3 nitrogen and oxygen atoms in total. The SMILES string of the molecule is O=C(OCc1ccccc1)N1CCCC1/C=C/c1cccc(F)c1F. The van der Waals surface area contributed by atoms with Crippen LogP contribution in [0.25, 0.3) is 6.08 Å². The molecule has 1 atom stereocenters. The Morgan fingerprint density at radius 3 is 2.76 bits per heavy atom. The number of likely N-dealkylation sites (tertiary alicyclic amines) is 1. The minimum absolute atomic E-state index is 0.171. The highest BCUT2D eigenvalue weighted by molar-refractivity contribution is 5.69. The van der Waals surface area contributed by atoms with Crippen molar-refractivity contribution in [3.63, 3.8) is 0 Å². The number of hydrogen-bond donors (Lipinski definition) is 0. The molecule has 130 valence electrons. The van der Waals surface area contributed by atoms with E-state index in [1.165, 1.54) is 18.2 Å². The van der Waals surface area contributed by atoms with Crippen LogP contribution < -0.4 is 0 Å². The standard InChI is InChI=1S/C20H19F2NO2/c21-18-10-4-8-16(19(18)22)11-12-17-9-5-13-23(17)20(24)25-14-15-6-2-1-3-7-15/h1-4,6-8,10-12,17H,5,9,13-14H2/b12-11+. The van der Waals surface area contributed by atoms with Crippen LogP contribution in [0.4, 0.5) is 13.6 Å². The van der Waals surface area contributed by atoms with E-state index in [2.05, 4.69) is 0 Å². The van der Waals surface area contributed by atoms with E-state index in [0.29, 0.717) is 6.54 Å². The first-order valence-corrected chi connectivity index (χ1v) is 8.24. The maximum Gasteiger partial charge on any atom is 0.410 e. The number of benzene rings is 2. The van der Waals surface area contributed by atoms with E-state index in [0.717, 1.165) is 24.5 Å². The predicted molar refractivity (Wildman–Crippen MR) is 91.7 cm³/mol. The van der Waals surface area contributed by atoms with Crippen LogP contribution in [0.1, 0.15) is 24.0 Å². The largest absolute Gasteiger partial charge is 0.445 e. The van der Waals surface area contributed by atoms with Crippen molar-refractivity contribution in [2.75, 3.05) is 6.54 Å². The smallest absolute Gasteiger partial charge is 0.410 e. The van der Waals surface area contributed by atoms with Gasteiger partial charge in [0.1, 0.15) is 6.61 Å². The predicted octanol–water partition coefficient (Wildman–Crippen LogP) is 4.78. The van der Waals surface area contributed by atoms with Gasteiger partial charge in [0.15, 0.2) is 11.6 Å². The van der Waals surface area contributed by atoms with E-state index in [9.17, 15) is 13.6 Å². The maximum atomic E-state index is 13.7. The number of amides is 1. The van der Waals surface area contributed by atoms with E-state index >= 15 is 0 Å². The van der Waals surface area contributed by atoms with Crippen LogP contribution in [0.3, 0.4) is 0 Å². The second-order valence-electron chi connectivity index (χ2n) is 5.95. The summed E-state index contributed by atoms with van der Waals surface area (Å²) in [5.41, 5.74) is 1.09. The molecule has 0 spiro atoms. The van der Waals surface area contributed by atoms with Crippen molar-refractivity contribution in [2.24, 2.45) is 0 Å². The zero-order valence-electron chi connectivity index (χ0n) is 13.7. The van der Waals surface area contributed by atoms with Gasteiger partial charge in [-0.2, -0.15) is 0 Å². The van der Waals surface area contributed by atoms with Crippen LogP contribution in [0.15, 0.2) is 54.6 Å². The number of rotatable bonds is 4. The van der Waals surface area contributed by atoms with Gasteiger partial charge in [-0.25, -0.2) is 13.6 Å². The topological polar surface area (TPSA) is 29.5 Å². The van der Waals surface area contributed by atoms with Crippen LogP contribution in [0.2, 0.25) is 0 Å². The van der Waals surface area contributed by atoms with Gasteiger partial charge in [0.05, 0.1) is 6.04 Å². The van der Waals surface area contributed by atoms with Gasteiger partial charge in [-0.05, 0) is 24.5 Å². The molecular weight excluding hydrogens is 324 g/mol. The molecule has 0 saturated carbocycles. The molecule has 0 aliphatic carbocycles. The zero-order valence-corrected chi connectivity index (χ0v) is 13.7. The molecule has 0 N–H and O–H groups in total. The molecule has 0 aromatic heterocycles. The number of halogens is 2. The Morgan fingerprint density at radius 2 is 1.96 bits per heavy atom. The quantitative estimate of drug-likeness (QED) is 0.800. The highest BCUT2D eigenvalue weighted by atomic mass is 19.2. The maximum absolute atomic E-state index is 13.7. The van der Waals surface area contributed by atoms with Gasteiger partial charge in [0.2, 0.25) is 0 Å². The molecule has 0 radical (unpaired) electrons. The molecule has 1 fully saturated rings. The monoisotopic (exact) mass is 343 g/mol. The Morgan fingerprint density at radius 1 is 1.16 bits per heavy atom. The van der Waals surface area contributed by atoms with Gasteiger partial charge in [-0.1, -0.05) is 54.6 Å². The fourth-order valence-electron chi connectivity index (χ4n) is 2.89. The highest BCUT2D eigenvalue weighted by Gasteiger charge is 2.28. The molecule has 0 bridgehead atoms. The lowest BCUT2D eigenvalue weighted by Crippen LogP contribution is -2.34. The zero-order chi connectivity index (χ0) is 17.6. The Balaban J connectivity index is 1.62. The Bertz CT molecular complexity index is 762. The Kier molecular flexibility index (Phi) is 5.43. The molecule has 25 heavy (non-hydrogen) atoms. The third-order valence-corrected chi connectivity index (χ3v) is 4.22. The van der Waals surface area contributed by atoms with Gasteiger partial charge in [0, 0.05) is 12.1 Å². The van der Waals surface area contributed by atoms with E-state index in [4.69, 9.17) is 4.74 Å². The summed E-state index contributed by atoms with van der Waals surface area (Å²) in [5.74, 6) is -1.76. The summed E-state index contributed by atoms with van der Waals surface area (Å²) in [4.78, 5) is 13.9. The highest BCUT2D eigenvalue weighted by Crippen LogP contribution is 2.22. The lowest BCUT2D eigenvalue weighted by Gasteiger charge is -2.21. The van der Waals surface area contributed by atoms with Crippen molar-refractivity contribution in [3.05, 3.63) is 77.4 Å². The molecule has 3 rings (SSSR count). The molecule has 2 aromatic rings. The van der Waals surface area contributed by atoms with Crippen molar-refractivity contribution >= 4 is 12.2 Å². The van der Waals surface area contributed by atoms with Crippen molar-refractivity contribution < 1.29 is 18.3 Å². The van der Waals surface area contributed by atoms with Gasteiger partial charge in [0.25, 0.3) is 0 Å². The van der Waals surface area contributed by atoms with Gasteiger partial charge >= 0.3 is 6.09 Å². The number of nitrogens with zero attached hydrogens (tertiary/aromatic N) is 1. The number of ether oxygens (including phenoxy) is 1. The third-order valence-electron chi connectivity index (χ3n) is 4.22. The summed E-state index contributed by atoms with van der Waals surface area (Å²) >= 11 is 0. The number of carbonyl (C=O) groups is 1. The molecule has 1 saturated heterocycles. The second-order valence-corrected chi connectivity index (χ2v) is 5.95. The van der Waals surface area contributed by atoms with Crippen molar-refractivity contribution in [2.45, 2.75) is 25.5 Å². The molecule has 1 aliphatic rings. The Hall–Kier alpha value is -2.69. The van der Waals surface area contributed by atoms with Crippen molar-refractivity contribution in [1.29, 1.82) is 0 Å². The van der Waals surface area contributed by atoms with Crippen LogP contribution in [0, 0.1) is 11.6 Å². The molecule has 5 heteroatoms. The minimum Gasteiger partial charge on any atom is -0.445 e. The van der Waals surface area contributed by atoms with E-state index in [1.807, 2.05) is 30.3 Å². The lowest BCUT2D eigenvalue weighted by molar-refractivity contribution is 0.0976. The fraction of sp³-hybridized carbons (Fsp3) is 0.250. The Labute approximate surface area is 145 Å². The summed E-state index contributed by atoms with van der Waals surface area (Å²) in [7, 11) is 0. The average molecular weight is 343 g/mol. The van der Waals surface area contributed by atoms with Gasteiger partial charge in [-0.3, -0.25) is 0 Å². The normalized spacial score (nSPS) is 17.2.